The van der Waals surface area contributed by atoms with E-state index >= 15 is 0 Å². The summed E-state index contributed by atoms with van der Waals surface area (Å²) < 4.78 is 0. The molecule has 0 spiro atoms. The maximum absolute atomic E-state index is 9.81. The van der Waals surface area contributed by atoms with Crippen LogP contribution in [0.4, 0.5) is 0 Å². The second-order valence-corrected chi connectivity index (χ2v) is 9.40. The predicted molar refractivity (Wildman–Crippen MR) is 90.5 cm³/mol. The maximum Gasteiger partial charge on any atom is 0.0601 e. The molecule has 128 valence electrons. The molecule has 0 radical (unpaired) electrons. The van der Waals surface area contributed by atoms with Crippen molar-refractivity contribution in [2.24, 2.45) is 28.6 Å². The third kappa shape index (κ3) is 2.75. The Morgan fingerprint density at radius 3 is 1.95 bits per heavy atom. The van der Waals surface area contributed by atoms with E-state index in [0.29, 0.717) is 5.41 Å². The van der Waals surface area contributed by atoms with Crippen molar-refractivity contribution in [1.29, 1.82) is 0 Å². The summed E-state index contributed by atoms with van der Waals surface area (Å²) >= 11 is 0. The first-order valence-electron chi connectivity index (χ1n) is 9.70. The molecule has 2 nitrogen and oxygen atoms in total. The molecule has 4 fully saturated rings. The molecule has 2 N–H and O–H groups in total. The lowest BCUT2D eigenvalue weighted by molar-refractivity contribution is 0.0126. The van der Waals surface area contributed by atoms with Gasteiger partial charge in [-0.15, -0.1) is 0 Å². The summed E-state index contributed by atoms with van der Waals surface area (Å²) in [6.45, 7) is 6.90. The Bertz CT molecular complexity index is 391. The third-order valence-electron chi connectivity index (χ3n) is 8.26. The Kier molecular flexibility index (Phi) is 4.64. The molecule has 0 heterocycles. The van der Waals surface area contributed by atoms with Crippen LogP contribution in [0.1, 0.15) is 85.0 Å². The van der Waals surface area contributed by atoms with E-state index in [2.05, 4.69) is 20.8 Å². The highest BCUT2D eigenvalue weighted by Crippen LogP contribution is 2.65. The molecule has 2 bridgehead atoms. The number of aliphatic hydroxyl groups excluding tert-OH is 2. The predicted octanol–water partition coefficient (Wildman–Crippen LogP) is 4.53. The highest BCUT2D eigenvalue weighted by molar-refractivity contribution is 5.10. The fourth-order valence-electron chi connectivity index (χ4n) is 6.01. The van der Waals surface area contributed by atoms with Gasteiger partial charge in [0.05, 0.1) is 12.2 Å². The topological polar surface area (TPSA) is 40.5 Å². The summed E-state index contributed by atoms with van der Waals surface area (Å²) in [7, 11) is 0. The van der Waals surface area contributed by atoms with Gasteiger partial charge in [-0.3, -0.25) is 0 Å². The van der Waals surface area contributed by atoms with Gasteiger partial charge in [-0.2, -0.15) is 0 Å². The summed E-state index contributed by atoms with van der Waals surface area (Å²) in [6.07, 6.45) is 12.8. The molecule has 0 saturated heterocycles. The molecular weight excluding hydrogens is 272 g/mol. The van der Waals surface area contributed by atoms with Gasteiger partial charge < -0.3 is 10.2 Å². The molecule has 4 saturated carbocycles. The van der Waals surface area contributed by atoms with Gasteiger partial charge in [-0.1, -0.05) is 46.5 Å². The monoisotopic (exact) mass is 308 g/mol. The fraction of sp³-hybridized carbons (Fsp3) is 1.00. The van der Waals surface area contributed by atoms with Crippen molar-refractivity contribution in [1.82, 2.24) is 0 Å². The smallest absolute Gasteiger partial charge is 0.0601 e. The average Bonchev–Trinajstić information content (AvgIpc) is 2.81. The third-order valence-corrected chi connectivity index (χ3v) is 8.26. The molecule has 22 heavy (non-hydrogen) atoms. The van der Waals surface area contributed by atoms with E-state index < -0.39 is 0 Å². The first kappa shape index (κ1) is 16.8. The lowest BCUT2D eigenvalue weighted by Gasteiger charge is -2.37. The minimum Gasteiger partial charge on any atom is -0.393 e. The van der Waals surface area contributed by atoms with Gasteiger partial charge in [0, 0.05) is 0 Å². The first-order valence-corrected chi connectivity index (χ1v) is 9.70. The van der Waals surface area contributed by atoms with E-state index in [1.807, 2.05) is 0 Å². The highest BCUT2D eigenvalue weighted by atomic mass is 16.3. The van der Waals surface area contributed by atoms with E-state index in [-0.39, 0.29) is 17.6 Å². The number of hydrogen-bond acceptors (Lipinski definition) is 2. The van der Waals surface area contributed by atoms with Gasteiger partial charge in [0.15, 0.2) is 0 Å². The van der Waals surface area contributed by atoms with E-state index in [0.717, 1.165) is 37.0 Å². The van der Waals surface area contributed by atoms with E-state index in [9.17, 15) is 10.2 Å². The van der Waals surface area contributed by atoms with Gasteiger partial charge in [0.2, 0.25) is 0 Å². The second-order valence-electron chi connectivity index (χ2n) is 9.40. The van der Waals surface area contributed by atoms with Crippen LogP contribution in [0, 0.1) is 28.6 Å². The van der Waals surface area contributed by atoms with Gasteiger partial charge in [-0.05, 0) is 67.1 Å². The molecular formula is C20H36O2. The molecule has 0 amide bonds. The van der Waals surface area contributed by atoms with Crippen LogP contribution in [0.5, 0.6) is 0 Å². The summed E-state index contributed by atoms with van der Waals surface area (Å²) in [5, 5.41) is 19.3. The molecule has 4 aliphatic rings. The average molecular weight is 309 g/mol. The summed E-state index contributed by atoms with van der Waals surface area (Å²) in [5.41, 5.74) is 0.601. The Balaban J connectivity index is 0.000000131. The molecule has 4 aliphatic carbocycles. The number of aliphatic hydroxyl groups is 2. The van der Waals surface area contributed by atoms with Gasteiger partial charge >= 0.3 is 0 Å². The fourth-order valence-corrected chi connectivity index (χ4v) is 6.01. The Hall–Kier alpha value is -0.0800. The van der Waals surface area contributed by atoms with Crippen LogP contribution in [-0.2, 0) is 0 Å². The highest BCUT2D eigenvalue weighted by Gasteiger charge is 2.60. The van der Waals surface area contributed by atoms with Gasteiger partial charge in [0.25, 0.3) is 0 Å². The van der Waals surface area contributed by atoms with Crippen molar-refractivity contribution in [3.05, 3.63) is 0 Å². The molecule has 0 aromatic heterocycles. The molecule has 0 aromatic rings. The molecule has 6 atom stereocenters. The molecule has 4 rings (SSSR count). The number of rotatable bonds is 0. The van der Waals surface area contributed by atoms with Gasteiger partial charge in [0.1, 0.15) is 0 Å². The minimum atomic E-state index is -0.0313. The molecule has 3 unspecified atom stereocenters. The molecule has 2 heteroatoms. The van der Waals surface area contributed by atoms with Crippen molar-refractivity contribution in [3.63, 3.8) is 0 Å². The number of fused-ring (bicyclic) bond motifs is 3. The standard InChI is InChI=1S/2C10H18O/c1-9(2)7-4-5-10(9,3)8(11)6-7;11-10-6-5-8-3-1-2-4-9(8)7-10/h7-8,11H,4-6H2,1-3H3;8-11H,1-7H2/t7-,8+,10+;/m1./s1. The largest absolute Gasteiger partial charge is 0.393 e. The van der Waals surface area contributed by atoms with E-state index in [4.69, 9.17) is 0 Å². The van der Waals surface area contributed by atoms with E-state index in [1.165, 1.54) is 44.9 Å². The van der Waals surface area contributed by atoms with E-state index in [1.54, 1.807) is 0 Å². The van der Waals surface area contributed by atoms with Crippen LogP contribution >= 0.6 is 0 Å². The normalized spacial score (nSPS) is 49.2. The zero-order chi connectivity index (χ0) is 16.0. The maximum atomic E-state index is 9.81. The second kappa shape index (κ2) is 6.09. The van der Waals surface area contributed by atoms with Crippen LogP contribution < -0.4 is 0 Å². The van der Waals surface area contributed by atoms with Crippen molar-refractivity contribution in [2.75, 3.05) is 0 Å². The lowest BCUT2D eigenvalue weighted by atomic mass is 9.70. The van der Waals surface area contributed by atoms with Crippen molar-refractivity contribution < 1.29 is 10.2 Å². The van der Waals surface area contributed by atoms with Crippen LogP contribution in [-0.4, -0.2) is 22.4 Å². The zero-order valence-corrected chi connectivity index (χ0v) is 14.9. The van der Waals surface area contributed by atoms with Crippen molar-refractivity contribution in [2.45, 2.75) is 97.2 Å². The quantitative estimate of drug-likeness (QED) is 0.690. The van der Waals surface area contributed by atoms with Crippen LogP contribution in [0.3, 0.4) is 0 Å². The Morgan fingerprint density at radius 2 is 1.45 bits per heavy atom. The van der Waals surface area contributed by atoms with Crippen molar-refractivity contribution >= 4 is 0 Å². The first-order chi connectivity index (χ1) is 10.3. The summed E-state index contributed by atoms with van der Waals surface area (Å²) in [6, 6.07) is 0. The summed E-state index contributed by atoms with van der Waals surface area (Å²) in [4.78, 5) is 0. The Labute approximate surface area is 136 Å². The molecule has 0 aromatic carbocycles. The lowest BCUT2D eigenvalue weighted by Crippen LogP contribution is -2.35. The SMILES string of the molecule is CC1(C)[C@@H]2CC[C@@]1(C)[C@@H](O)C2.OC1CCC2CCCCC2C1. The van der Waals surface area contributed by atoms with Crippen LogP contribution in [0.2, 0.25) is 0 Å². The van der Waals surface area contributed by atoms with Crippen LogP contribution in [0.25, 0.3) is 0 Å². The Morgan fingerprint density at radius 1 is 0.773 bits per heavy atom. The molecule has 0 aliphatic heterocycles. The van der Waals surface area contributed by atoms with Gasteiger partial charge in [-0.25, -0.2) is 0 Å². The van der Waals surface area contributed by atoms with Crippen LogP contribution in [0.15, 0.2) is 0 Å². The zero-order valence-electron chi connectivity index (χ0n) is 14.9. The van der Waals surface area contributed by atoms with Crippen molar-refractivity contribution in [3.8, 4) is 0 Å². The number of hydrogen-bond donors (Lipinski definition) is 2. The summed E-state index contributed by atoms with van der Waals surface area (Å²) in [5.74, 6) is 2.64. The minimum absolute atomic E-state index is 0.0313.